The first-order chi connectivity index (χ1) is 14.7. The Hall–Kier alpha value is -2.80. The van der Waals surface area contributed by atoms with Gasteiger partial charge in [-0.3, -0.25) is 14.5 Å². The Labute approximate surface area is 176 Å². The molecule has 1 aliphatic heterocycles. The van der Waals surface area contributed by atoms with Crippen LogP contribution in [0.5, 0.6) is 0 Å². The quantitative estimate of drug-likeness (QED) is 0.681. The zero-order valence-corrected chi connectivity index (χ0v) is 17.2. The highest BCUT2D eigenvalue weighted by Crippen LogP contribution is 2.51. The first-order valence-corrected chi connectivity index (χ1v) is 10.9. The fourth-order valence-corrected chi connectivity index (χ4v) is 4.60. The molecule has 0 bridgehead atoms. The van der Waals surface area contributed by atoms with Gasteiger partial charge in [0.15, 0.2) is 0 Å². The summed E-state index contributed by atoms with van der Waals surface area (Å²) in [4.78, 5) is 24.3. The summed E-state index contributed by atoms with van der Waals surface area (Å²) in [6.45, 7) is 2.28. The molecule has 2 N–H and O–H groups in total. The van der Waals surface area contributed by atoms with Crippen LogP contribution in [0.4, 0.5) is 0 Å². The SMILES string of the molecule is NCCCC1(C(=O)N2CCC(n3cc(-c4cnc5ccccc5n4)cn3)CC2)CC1. The molecule has 7 nitrogen and oxygen atoms in total. The number of aromatic nitrogens is 4. The monoisotopic (exact) mass is 404 g/mol. The minimum atomic E-state index is -0.0974. The molecule has 2 fully saturated rings. The van der Waals surface area contributed by atoms with E-state index in [0.717, 1.165) is 73.9 Å². The largest absolute Gasteiger partial charge is 0.342 e. The molecule has 0 atom stereocenters. The normalized spacial score (nSPS) is 18.6. The number of nitrogens with two attached hydrogens (primary N) is 1. The van der Waals surface area contributed by atoms with Gasteiger partial charge in [0, 0.05) is 30.3 Å². The standard InChI is InChI=1S/C23H28N6O/c24-11-3-8-23(9-10-23)22(30)28-12-6-18(7-13-28)29-16-17(14-26-29)21-15-25-19-4-1-2-5-20(19)27-21/h1-2,4-5,14-16,18H,3,6-13,24H2. The molecule has 0 spiro atoms. The van der Waals surface area contributed by atoms with Crippen LogP contribution in [-0.4, -0.2) is 50.2 Å². The van der Waals surface area contributed by atoms with Crippen molar-refractivity contribution in [1.29, 1.82) is 0 Å². The molecule has 3 heterocycles. The van der Waals surface area contributed by atoms with Gasteiger partial charge in [-0.1, -0.05) is 12.1 Å². The Morgan fingerprint density at radius 1 is 1.13 bits per heavy atom. The van der Waals surface area contributed by atoms with Gasteiger partial charge >= 0.3 is 0 Å². The van der Waals surface area contributed by atoms with E-state index < -0.39 is 0 Å². The van der Waals surface area contributed by atoms with Gasteiger partial charge in [-0.05, 0) is 57.2 Å². The average Bonchev–Trinajstić information content (AvgIpc) is 3.43. The molecule has 2 aromatic heterocycles. The smallest absolute Gasteiger partial charge is 0.228 e. The van der Waals surface area contributed by atoms with Crippen LogP contribution in [0, 0.1) is 5.41 Å². The minimum Gasteiger partial charge on any atom is -0.342 e. The van der Waals surface area contributed by atoms with E-state index >= 15 is 0 Å². The molecule has 0 radical (unpaired) electrons. The predicted molar refractivity (Wildman–Crippen MR) is 116 cm³/mol. The number of fused-ring (bicyclic) bond motifs is 1. The van der Waals surface area contributed by atoms with E-state index in [0.29, 0.717) is 18.5 Å². The maximum atomic E-state index is 13.0. The molecule has 2 aliphatic rings. The summed E-state index contributed by atoms with van der Waals surface area (Å²) in [5.74, 6) is 0.349. The summed E-state index contributed by atoms with van der Waals surface area (Å²) in [6, 6.07) is 8.20. The van der Waals surface area contributed by atoms with Crippen molar-refractivity contribution in [1.82, 2.24) is 24.6 Å². The van der Waals surface area contributed by atoms with E-state index in [1.165, 1.54) is 0 Å². The third kappa shape index (κ3) is 3.58. The zero-order valence-electron chi connectivity index (χ0n) is 17.2. The number of para-hydroxylation sites is 2. The van der Waals surface area contributed by atoms with Crippen molar-refractivity contribution in [3.8, 4) is 11.3 Å². The highest BCUT2D eigenvalue weighted by molar-refractivity contribution is 5.85. The molecule has 7 heteroatoms. The summed E-state index contributed by atoms with van der Waals surface area (Å²) in [7, 11) is 0. The zero-order chi connectivity index (χ0) is 20.6. The molecule has 1 saturated carbocycles. The maximum Gasteiger partial charge on any atom is 0.228 e. The van der Waals surface area contributed by atoms with Gasteiger partial charge in [-0.15, -0.1) is 0 Å². The minimum absolute atomic E-state index is 0.0974. The molecule has 1 amide bonds. The molecule has 1 aromatic carbocycles. The van der Waals surface area contributed by atoms with Crippen LogP contribution >= 0.6 is 0 Å². The third-order valence-corrected chi connectivity index (χ3v) is 6.64. The van der Waals surface area contributed by atoms with Crippen LogP contribution in [0.2, 0.25) is 0 Å². The van der Waals surface area contributed by atoms with Crippen molar-refractivity contribution >= 4 is 16.9 Å². The van der Waals surface area contributed by atoms with Gasteiger partial charge in [0.25, 0.3) is 0 Å². The van der Waals surface area contributed by atoms with E-state index in [4.69, 9.17) is 10.7 Å². The maximum absolute atomic E-state index is 13.0. The second kappa shape index (κ2) is 7.80. The molecule has 3 aromatic rings. The number of hydrogen-bond donors (Lipinski definition) is 1. The van der Waals surface area contributed by atoms with E-state index in [9.17, 15) is 4.79 Å². The number of carbonyl (C=O) groups is 1. The van der Waals surface area contributed by atoms with Crippen molar-refractivity contribution in [3.63, 3.8) is 0 Å². The highest BCUT2D eigenvalue weighted by Gasteiger charge is 2.51. The van der Waals surface area contributed by atoms with E-state index in [1.807, 2.05) is 35.1 Å². The van der Waals surface area contributed by atoms with Crippen LogP contribution < -0.4 is 5.73 Å². The summed E-state index contributed by atoms with van der Waals surface area (Å²) >= 11 is 0. The molecule has 0 unspecified atom stereocenters. The van der Waals surface area contributed by atoms with Gasteiger partial charge in [0.1, 0.15) is 0 Å². The highest BCUT2D eigenvalue weighted by atomic mass is 16.2. The molecule has 1 aliphatic carbocycles. The van der Waals surface area contributed by atoms with Crippen molar-refractivity contribution in [2.75, 3.05) is 19.6 Å². The number of rotatable bonds is 6. The van der Waals surface area contributed by atoms with Gasteiger partial charge < -0.3 is 10.6 Å². The molecule has 30 heavy (non-hydrogen) atoms. The number of benzene rings is 1. The van der Waals surface area contributed by atoms with Crippen molar-refractivity contribution in [2.24, 2.45) is 11.1 Å². The molecule has 156 valence electrons. The predicted octanol–water partition coefficient (Wildman–Crippen LogP) is 3.18. The summed E-state index contributed by atoms with van der Waals surface area (Å²) < 4.78 is 2.04. The van der Waals surface area contributed by atoms with Crippen LogP contribution in [0.15, 0.2) is 42.9 Å². The lowest BCUT2D eigenvalue weighted by atomic mass is 9.96. The number of likely N-dealkylation sites (tertiary alicyclic amines) is 1. The van der Waals surface area contributed by atoms with Crippen molar-refractivity contribution in [2.45, 2.75) is 44.6 Å². The first-order valence-electron chi connectivity index (χ1n) is 10.9. The topological polar surface area (TPSA) is 89.9 Å². The summed E-state index contributed by atoms with van der Waals surface area (Å²) in [6.07, 6.45) is 11.5. The summed E-state index contributed by atoms with van der Waals surface area (Å²) in [5.41, 5.74) is 9.15. The second-order valence-electron chi connectivity index (χ2n) is 8.65. The molecular formula is C23H28N6O. The third-order valence-electron chi connectivity index (χ3n) is 6.64. The van der Waals surface area contributed by atoms with Crippen molar-refractivity contribution in [3.05, 3.63) is 42.9 Å². The first kappa shape index (κ1) is 19.2. The Morgan fingerprint density at radius 3 is 2.63 bits per heavy atom. The lowest BCUT2D eigenvalue weighted by molar-refractivity contribution is -0.138. The average molecular weight is 405 g/mol. The summed E-state index contributed by atoms with van der Waals surface area (Å²) in [5, 5.41) is 4.60. The Kier molecular flexibility index (Phi) is 4.98. The van der Waals surface area contributed by atoms with Crippen molar-refractivity contribution < 1.29 is 4.79 Å². The molecule has 5 rings (SSSR count). The van der Waals surface area contributed by atoms with Gasteiger partial charge in [-0.2, -0.15) is 5.10 Å². The number of carbonyl (C=O) groups excluding carboxylic acids is 1. The van der Waals surface area contributed by atoms with E-state index in [2.05, 4.69) is 21.2 Å². The van der Waals surface area contributed by atoms with Crippen LogP contribution in [0.3, 0.4) is 0 Å². The number of hydrogen-bond acceptors (Lipinski definition) is 5. The molecule has 1 saturated heterocycles. The Morgan fingerprint density at radius 2 is 1.90 bits per heavy atom. The lowest BCUT2D eigenvalue weighted by Gasteiger charge is -2.34. The Bertz CT molecular complexity index is 1050. The number of piperidine rings is 1. The van der Waals surface area contributed by atoms with Crippen LogP contribution in [0.25, 0.3) is 22.3 Å². The number of nitrogens with zero attached hydrogens (tertiary/aromatic N) is 5. The lowest BCUT2D eigenvalue weighted by Crippen LogP contribution is -2.43. The Balaban J connectivity index is 1.24. The van der Waals surface area contributed by atoms with E-state index in [-0.39, 0.29) is 5.41 Å². The van der Waals surface area contributed by atoms with Gasteiger partial charge in [0.05, 0.1) is 35.2 Å². The van der Waals surface area contributed by atoms with Gasteiger partial charge in [-0.25, -0.2) is 4.98 Å². The van der Waals surface area contributed by atoms with Crippen LogP contribution in [0.1, 0.15) is 44.6 Å². The van der Waals surface area contributed by atoms with Gasteiger partial charge in [0.2, 0.25) is 5.91 Å². The fourth-order valence-electron chi connectivity index (χ4n) is 4.60. The fraction of sp³-hybridized carbons (Fsp3) is 0.478. The number of amides is 1. The molecular weight excluding hydrogens is 376 g/mol. The second-order valence-corrected chi connectivity index (χ2v) is 8.65. The van der Waals surface area contributed by atoms with Crippen LogP contribution in [-0.2, 0) is 4.79 Å². The van der Waals surface area contributed by atoms with E-state index in [1.54, 1.807) is 6.20 Å².